The first-order chi connectivity index (χ1) is 10.3. The quantitative estimate of drug-likeness (QED) is 0.780. The van der Waals surface area contributed by atoms with Crippen LogP contribution in [0.5, 0.6) is 0 Å². The van der Waals surface area contributed by atoms with E-state index >= 15 is 0 Å². The van der Waals surface area contributed by atoms with Crippen molar-refractivity contribution in [2.24, 2.45) is 0 Å². The number of hydrogen-bond acceptors (Lipinski definition) is 2. The molecule has 0 aliphatic rings. The number of aryl methyl sites for hydroxylation is 1. The number of rotatable bonds is 6. The second-order valence-electron chi connectivity index (χ2n) is 5.00. The van der Waals surface area contributed by atoms with Gasteiger partial charge in [0, 0.05) is 18.8 Å². The Morgan fingerprint density at radius 3 is 2.43 bits per heavy atom. The summed E-state index contributed by atoms with van der Waals surface area (Å²) in [7, 11) is 0. The molecule has 21 heavy (non-hydrogen) atoms. The van der Waals surface area contributed by atoms with Crippen LogP contribution in [0.3, 0.4) is 0 Å². The van der Waals surface area contributed by atoms with Gasteiger partial charge in [0.15, 0.2) is 0 Å². The molecule has 0 aliphatic carbocycles. The SMILES string of the molecule is Cc1ccc(N(C/C=C/c2ccccc2)CCC#N)cc1. The molecule has 2 nitrogen and oxygen atoms in total. The highest BCUT2D eigenvalue weighted by Gasteiger charge is 2.03. The van der Waals surface area contributed by atoms with E-state index in [-0.39, 0.29) is 0 Å². The maximum absolute atomic E-state index is 8.81. The van der Waals surface area contributed by atoms with Crippen molar-refractivity contribution < 1.29 is 0 Å². The van der Waals surface area contributed by atoms with Crippen molar-refractivity contribution in [2.45, 2.75) is 13.3 Å². The van der Waals surface area contributed by atoms with Crippen molar-refractivity contribution in [2.75, 3.05) is 18.0 Å². The summed E-state index contributed by atoms with van der Waals surface area (Å²) in [5.41, 5.74) is 3.61. The molecule has 0 radical (unpaired) electrons. The lowest BCUT2D eigenvalue weighted by atomic mass is 10.2. The van der Waals surface area contributed by atoms with Crippen molar-refractivity contribution in [1.82, 2.24) is 0 Å². The fourth-order valence-corrected chi connectivity index (χ4v) is 2.15. The fourth-order valence-electron chi connectivity index (χ4n) is 2.15. The Morgan fingerprint density at radius 2 is 1.76 bits per heavy atom. The Labute approximate surface area is 127 Å². The monoisotopic (exact) mass is 276 g/mol. The van der Waals surface area contributed by atoms with Crippen molar-refractivity contribution in [3.05, 3.63) is 71.8 Å². The molecule has 106 valence electrons. The van der Waals surface area contributed by atoms with E-state index in [1.54, 1.807) is 0 Å². The van der Waals surface area contributed by atoms with Crippen molar-refractivity contribution in [1.29, 1.82) is 5.26 Å². The minimum atomic E-state index is 0.535. The zero-order valence-electron chi connectivity index (χ0n) is 12.4. The first-order valence-corrected chi connectivity index (χ1v) is 7.20. The zero-order valence-corrected chi connectivity index (χ0v) is 12.4. The predicted octanol–water partition coefficient (Wildman–Crippen LogP) is 4.43. The summed E-state index contributed by atoms with van der Waals surface area (Å²) in [6.45, 7) is 3.64. The zero-order chi connectivity index (χ0) is 14.9. The van der Waals surface area contributed by atoms with Gasteiger partial charge in [-0.25, -0.2) is 0 Å². The van der Waals surface area contributed by atoms with E-state index in [1.807, 2.05) is 18.2 Å². The first kappa shape index (κ1) is 14.9. The van der Waals surface area contributed by atoms with Crippen molar-refractivity contribution in [3.63, 3.8) is 0 Å². The van der Waals surface area contributed by atoms with Gasteiger partial charge >= 0.3 is 0 Å². The van der Waals surface area contributed by atoms with Gasteiger partial charge in [0.1, 0.15) is 0 Å². The van der Waals surface area contributed by atoms with E-state index in [1.165, 1.54) is 11.1 Å². The van der Waals surface area contributed by atoms with Crippen molar-refractivity contribution in [3.8, 4) is 6.07 Å². The van der Waals surface area contributed by atoms with Gasteiger partial charge in [-0.2, -0.15) is 5.26 Å². The van der Waals surface area contributed by atoms with Gasteiger partial charge < -0.3 is 4.90 Å². The molecular weight excluding hydrogens is 256 g/mol. The minimum absolute atomic E-state index is 0.535. The highest BCUT2D eigenvalue weighted by Crippen LogP contribution is 2.15. The lowest BCUT2D eigenvalue weighted by Gasteiger charge is -2.22. The van der Waals surface area contributed by atoms with Crippen LogP contribution in [-0.4, -0.2) is 13.1 Å². The first-order valence-electron chi connectivity index (χ1n) is 7.20. The molecule has 0 amide bonds. The van der Waals surface area contributed by atoms with Gasteiger partial charge in [-0.05, 0) is 24.6 Å². The van der Waals surface area contributed by atoms with E-state index in [9.17, 15) is 0 Å². The maximum Gasteiger partial charge on any atom is 0.0640 e. The molecule has 0 fully saturated rings. The van der Waals surface area contributed by atoms with Crippen LogP contribution >= 0.6 is 0 Å². The minimum Gasteiger partial charge on any atom is -0.367 e. The Bertz CT molecular complexity index is 606. The summed E-state index contributed by atoms with van der Waals surface area (Å²) in [6, 6.07) is 20.9. The van der Waals surface area contributed by atoms with E-state index in [0.717, 1.165) is 18.8 Å². The van der Waals surface area contributed by atoms with Crippen LogP contribution in [0.4, 0.5) is 5.69 Å². The average Bonchev–Trinajstić information content (AvgIpc) is 2.53. The van der Waals surface area contributed by atoms with Gasteiger partial charge in [-0.15, -0.1) is 0 Å². The summed E-state index contributed by atoms with van der Waals surface area (Å²) in [5.74, 6) is 0. The molecule has 2 aromatic rings. The van der Waals surface area contributed by atoms with Crippen molar-refractivity contribution >= 4 is 11.8 Å². The third-order valence-electron chi connectivity index (χ3n) is 3.33. The lowest BCUT2D eigenvalue weighted by Crippen LogP contribution is -2.24. The third-order valence-corrected chi connectivity index (χ3v) is 3.33. The van der Waals surface area contributed by atoms with Gasteiger partial charge in [-0.1, -0.05) is 60.2 Å². The van der Waals surface area contributed by atoms with E-state index in [4.69, 9.17) is 5.26 Å². The van der Waals surface area contributed by atoms with Gasteiger partial charge in [-0.3, -0.25) is 0 Å². The van der Waals surface area contributed by atoms with E-state index in [2.05, 4.69) is 66.4 Å². The Morgan fingerprint density at radius 1 is 1.05 bits per heavy atom. The summed E-state index contributed by atoms with van der Waals surface area (Å²) in [4.78, 5) is 2.22. The average molecular weight is 276 g/mol. The van der Waals surface area contributed by atoms with Crippen LogP contribution in [0.25, 0.3) is 6.08 Å². The summed E-state index contributed by atoms with van der Waals surface area (Å²) >= 11 is 0. The molecule has 0 atom stereocenters. The van der Waals surface area contributed by atoms with Crippen LogP contribution in [-0.2, 0) is 0 Å². The molecule has 0 spiro atoms. The van der Waals surface area contributed by atoms with Crippen LogP contribution in [0, 0.1) is 18.3 Å². The molecule has 2 aromatic carbocycles. The van der Waals surface area contributed by atoms with E-state index < -0.39 is 0 Å². The molecule has 0 N–H and O–H groups in total. The van der Waals surface area contributed by atoms with Crippen LogP contribution in [0.2, 0.25) is 0 Å². The normalized spacial score (nSPS) is 10.5. The molecule has 0 bridgehead atoms. The standard InChI is InChI=1S/C19H20N2/c1-17-10-12-19(13-11-17)21(16-6-14-20)15-5-9-18-7-3-2-4-8-18/h2-5,7-13H,6,15-16H2,1H3/b9-5+. The predicted molar refractivity (Wildman–Crippen MR) is 89.1 cm³/mol. The topological polar surface area (TPSA) is 27.0 Å². The number of nitrogens with zero attached hydrogens (tertiary/aromatic N) is 2. The van der Waals surface area contributed by atoms with Gasteiger partial charge in [0.25, 0.3) is 0 Å². The van der Waals surface area contributed by atoms with E-state index in [0.29, 0.717) is 6.42 Å². The highest BCUT2D eigenvalue weighted by atomic mass is 15.1. The maximum atomic E-state index is 8.81. The molecule has 0 aliphatic heterocycles. The highest BCUT2D eigenvalue weighted by molar-refractivity contribution is 5.52. The van der Waals surface area contributed by atoms with Crippen LogP contribution in [0.1, 0.15) is 17.5 Å². The van der Waals surface area contributed by atoms with Gasteiger partial charge in [0.05, 0.1) is 12.5 Å². The largest absolute Gasteiger partial charge is 0.367 e. The van der Waals surface area contributed by atoms with Crippen LogP contribution in [0.15, 0.2) is 60.7 Å². The Kier molecular flexibility index (Phi) is 5.60. The van der Waals surface area contributed by atoms with Crippen LogP contribution < -0.4 is 4.90 Å². The second-order valence-corrected chi connectivity index (χ2v) is 5.00. The molecular formula is C19H20N2. The molecule has 0 saturated carbocycles. The Hall–Kier alpha value is -2.53. The lowest BCUT2D eigenvalue weighted by molar-refractivity contribution is 0.859. The number of nitriles is 1. The molecule has 0 unspecified atom stereocenters. The number of hydrogen-bond donors (Lipinski definition) is 0. The van der Waals surface area contributed by atoms with Gasteiger partial charge in [0.2, 0.25) is 0 Å². The smallest absolute Gasteiger partial charge is 0.0640 e. The second kappa shape index (κ2) is 7.91. The molecule has 0 heterocycles. The summed E-state index contributed by atoms with van der Waals surface area (Å²) in [6.07, 6.45) is 4.80. The molecule has 0 saturated heterocycles. The molecule has 2 rings (SSSR count). The Balaban J connectivity index is 2.04. The molecule has 0 aromatic heterocycles. The fraction of sp³-hybridized carbons (Fsp3) is 0.211. The summed E-state index contributed by atoms with van der Waals surface area (Å²) < 4.78 is 0. The number of anilines is 1. The summed E-state index contributed by atoms with van der Waals surface area (Å²) in [5, 5.41) is 8.81. The number of benzene rings is 2. The molecule has 2 heteroatoms. The third kappa shape index (κ3) is 4.81.